The Balaban J connectivity index is 0.000000140. The summed E-state index contributed by atoms with van der Waals surface area (Å²) < 4.78 is 59.7. The van der Waals surface area contributed by atoms with Crippen molar-refractivity contribution in [3.8, 4) is 17.2 Å². The van der Waals surface area contributed by atoms with Crippen molar-refractivity contribution in [2.24, 2.45) is 21.1 Å². The number of hydrogen-bond acceptors (Lipinski definition) is 14. The van der Waals surface area contributed by atoms with Crippen LogP contribution in [0.1, 0.15) is 194 Å². The maximum absolute atomic E-state index is 13.9. The molecule has 9 aromatic carbocycles. The molecule has 8 heterocycles. The second-order valence-electron chi connectivity index (χ2n) is 33.0. The Morgan fingerprint density at radius 1 is 0.431 bits per heavy atom. The monoisotopic (exact) mass is 1820 g/mol. The third-order valence-corrected chi connectivity index (χ3v) is 24.1. The minimum atomic E-state index is -3.00. The molecule has 30 heteroatoms. The molecule has 668 valence electrons. The van der Waals surface area contributed by atoms with Gasteiger partial charge in [-0.1, -0.05) is 164 Å². The number of carbonyl (C=O) groups excluding carboxylic acids is 8. The van der Waals surface area contributed by atoms with Crippen LogP contribution in [0.15, 0.2) is 223 Å². The fourth-order valence-corrected chi connectivity index (χ4v) is 17.6. The zero-order valence-electron chi connectivity index (χ0n) is 74.4. The highest BCUT2D eigenvalue weighted by Gasteiger charge is 2.47. The number of amides is 8. The molecular formula is C100H100BrF3N16O10. The molecule has 17 rings (SSSR count). The van der Waals surface area contributed by atoms with E-state index in [2.05, 4.69) is 117 Å². The third-order valence-electron chi connectivity index (χ3n) is 23.5. The number of alkyl halides is 2. The van der Waals surface area contributed by atoms with Gasteiger partial charge in [0.15, 0.2) is 11.5 Å². The number of methoxy groups -OCH3 is 1. The number of hydrogen-bond donors (Lipinski definition) is 8. The summed E-state index contributed by atoms with van der Waals surface area (Å²) in [6.45, 7) is 20.8. The normalized spacial score (nSPS) is 17.6. The van der Waals surface area contributed by atoms with E-state index in [0.29, 0.717) is 91.9 Å². The van der Waals surface area contributed by atoms with Crippen LogP contribution in [0.4, 0.5) is 36.4 Å². The van der Waals surface area contributed by atoms with Crippen LogP contribution < -0.4 is 52.0 Å². The molecule has 0 saturated carbocycles. The molecule has 8 amide bonds. The molecule has 0 spiro atoms. The summed E-state index contributed by atoms with van der Waals surface area (Å²) in [5, 5.41) is 41.4. The maximum Gasteiger partial charge on any atom is 0.270 e. The number of nitrogens with one attached hydrogen (secondary N) is 8. The molecule has 8 N–H and O–H groups in total. The standard InChI is InChI=1S/C28H24F2N4O2.C25H28N4O4.C25H28N4O2.C22H20BrFN4O2/c1-17-22-23(18-13-15-20(16-14-18)28(2,29)30)24(31-26(35)19-9-5-3-6-10-19)27(36)32-25(22)34(33-17)21-11-7-4-8-12-21;1-6-33-18-11-10-16(13-19(18)32-5)21-20-15(3)28-29(4)23(20)27-25(31)22(21)26-24(30)17-9-7-8-14(2)12-17;1-14(2)17-9-11-18(12-10-17)21-20-16(4)28-29(5)23(20)27-25(31)22(21)26-24(30)19-8-6-7-15(3)13-19;1-11-5-4-6-14(9-11)21(29)25-19-18(13-7-8-16(24)15(23)10-13)17-12(2)27-28(3)20(17)26-22(19)30/h3-16,23-24H,1-2H3,(H,31,35)(H,32,36);7-13,21-22H,6H2,1-5H3,(H,26,30)(H,27,31);6-14,21-22H,1-5H3,(H,26,30)(H,27,31);4-10,18-19H,1-3H3,(H,25,29)(H,26,30)/t23-,24-;2*21-,22-;18-,19-/m1111/s1. The van der Waals surface area contributed by atoms with E-state index in [1.165, 1.54) is 23.8 Å². The van der Waals surface area contributed by atoms with Crippen molar-refractivity contribution < 1.29 is 61.0 Å². The van der Waals surface area contributed by atoms with Crippen LogP contribution in [-0.2, 0) is 46.2 Å². The zero-order chi connectivity index (χ0) is 93.0. The average Bonchev–Trinajstić information content (AvgIpc) is 1.57. The molecule has 0 fully saturated rings. The van der Waals surface area contributed by atoms with E-state index >= 15 is 0 Å². The van der Waals surface area contributed by atoms with Gasteiger partial charge in [-0.3, -0.25) is 52.4 Å². The summed E-state index contributed by atoms with van der Waals surface area (Å²) in [7, 11) is 6.92. The number of benzene rings is 9. The van der Waals surface area contributed by atoms with E-state index in [4.69, 9.17) is 9.47 Å². The number of rotatable bonds is 18. The average molecular weight is 1820 g/mol. The first kappa shape index (κ1) is 91.7. The highest BCUT2D eigenvalue weighted by Crippen LogP contribution is 2.47. The van der Waals surface area contributed by atoms with Crippen molar-refractivity contribution in [3.05, 3.63) is 346 Å². The first-order chi connectivity index (χ1) is 62.1. The summed E-state index contributed by atoms with van der Waals surface area (Å²) >= 11 is 3.22. The van der Waals surface area contributed by atoms with Crippen LogP contribution >= 0.6 is 15.9 Å². The molecule has 130 heavy (non-hydrogen) atoms. The molecule has 26 nitrogen and oxygen atoms in total. The smallest absolute Gasteiger partial charge is 0.270 e. The van der Waals surface area contributed by atoms with Gasteiger partial charge in [0.2, 0.25) is 23.6 Å². The van der Waals surface area contributed by atoms with Crippen molar-refractivity contribution in [1.82, 2.24) is 60.4 Å². The quantitative estimate of drug-likeness (QED) is 0.0396. The van der Waals surface area contributed by atoms with Gasteiger partial charge < -0.3 is 52.0 Å². The van der Waals surface area contributed by atoms with Gasteiger partial charge in [-0.15, -0.1) is 0 Å². The summed E-state index contributed by atoms with van der Waals surface area (Å²) in [6, 6.07) is 60.7. The number of aromatic nitrogens is 8. The van der Waals surface area contributed by atoms with Crippen LogP contribution in [0.25, 0.3) is 5.69 Å². The number of para-hydroxylation sites is 1. The Morgan fingerprint density at radius 2 is 0.777 bits per heavy atom. The largest absolute Gasteiger partial charge is 0.493 e. The highest BCUT2D eigenvalue weighted by atomic mass is 79.9. The Morgan fingerprint density at radius 3 is 1.16 bits per heavy atom. The van der Waals surface area contributed by atoms with Crippen LogP contribution in [0.5, 0.6) is 11.5 Å². The second-order valence-corrected chi connectivity index (χ2v) is 33.9. The number of nitrogens with zero attached hydrogens (tertiary/aromatic N) is 8. The predicted molar refractivity (Wildman–Crippen MR) is 494 cm³/mol. The Kier molecular flexibility index (Phi) is 27.2. The highest BCUT2D eigenvalue weighted by molar-refractivity contribution is 9.10. The van der Waals surface area contributed by atoms with Crippen LogP contribution in [0.2, 0.25) is 0 Å². The van der Waals surface area contributed by atoms with Gasteiger partial charge >= 0.3 is 0 Å². The van der Waals surface area contributed by atoms with Gasteiger partial charge in [0.05, 0.1) is 46.7 Å². The fourth-order valence-electron chi connectivity index (χ4n) is 17.2. The lowest BCUT2D eigenvalue weighted by atomic mass is 9.81. The zero-order valence-corrected chi connectivity index (χ0v) is 75.9. The first-order valence-electron chi connectivity index (χ1n) is 42.4. The minimum Gasteiger partial charge on any atom is -0.493 e. The van der Waals surface area contributed by atoms with Gasteiger partial charge in [-0.2, -0.15) is 20.4 Å². The lowest BCUT2D eigenvalue weighted by Gasteiger charge is -2.33. The predicted octanol–water partition coefficient (Wildman–Crippen LogP) is 16.4. The summed E-state index contributed by atoms with van der Waals surface area (Å²) in [5.41, 5.74) is 16.1. The van der Waals surface area contributed by atoms with Crippen LogP contribution in [-0.4, -0.2) is 124 Å². The van der Waals surface area contributed by atoms with Crippen LogP contribution in [0.3, 0.4) is 0 Å². The van der Waals surface area contributed by atoms with Crippen molar-refractivity contribution in [3.63, 3.8) is 0 Å². The molecule has 13 aromatic rings. The molecule has 0 bridgehead atoms. The molecule has 8 atom stereocenters. The molecule has 0 aliphatic carbocycles. The van der Waals surface area contributed by atoms with Gasteiger partial charge in [0.25, 0.3) is 29.6 Å². The van der Waals surface area contributed by atoms with Gasteiger partial charge in [-0.05, 0) is 190 Å². The van der Waals surface area contributed by atoms with E-state index in [0.717, 1.165) is 74.2 Å². The second kappa shape index (κ2) is 38.6. The molecule has 4 aliphatic heterocycles. The SMILES string of the molecule is CCOc1ccc([C@@H]2c3c(C)nn(C)c3NC(=O)[C@@H]2NC(=O)c2cccc(C)c2)cc1OC.Cc1cccc(C(=O)N[C@H]2C(=O)Nc3c(c(C)nn3C)[C@H]2c2ccc(C(C)C)cc2)c1.Cc1cccc(C(=O)N[C@H]2C(=O)Nc3c(c(C)nn3C)[C@H]2c2ccc(F)c(Br)c2)c1.Cc1nn(-c2ccccc2)c2c1[C@@H](c1ccc(C(C)(F)F)cc1)[C@@H](NC(=O)c1ccccc1)C(=O)N2. The van der Waals surface area contributed by atoms with Gasteiger partial charge in [0, 0.05) is 102 Å². The maximum atomic E-state index is 13.9. The van der Waals surface area contributed by atoms with Crippen molar-refractivity contribution in [1.29, 1.82) is 0 Å². The molecule has 4 aliphatic rings. The number of ether oxygens (including phenoxy) is 2. The molecule has 0 radical (unpaired) electrons. The molecule has 4 aromatic heterocycles. The fraction of sp³-hybridized carbons (Fsp3) is 0.260. The van der Waals surface area contributed by atoms with Crippen LogP contribution in [0, 0.1) is 54.3 Å². The lowest BCUT2D eigenvalue weighted by Crippen LogP contribution is -2.50. The Bertz CT molecular complexity index is 6500. The Hall–Kier alpha value is -14.6. The van der Waals surface area contributed by atoms with Crippen molar-refractivity contribution >= 4 is 86.5 Å². The Labute approximate surface area is 758 Å². The van der Waals surface area contributed by atoms with E-state index in [1.807, 2.05) is 147 Å². The van der Waals surface area contributed by atoms with Gasteiger partial charge in [-0.25, -0.2) is 17.9 Å². The lowest BCUT2D eigenvalue weighted by molar-refractivity contribution is -0.119. The van der Waals surface area contributed by atoms with E-state index in [1.54, 1.807) is 131 Å². The van der Waals surface area contributed by atoms with E-state index in [-0.39, 0.29) is 51.4 Å². The van der Waals surface area contributed by atoms with Crippen molar-refractivity contribution in [2.75, 3.05) is 35.0 Å². The number of carbonyl (C=O) groups is 8. The number of anilines is 4. The van der Waals surface area contributed by atoms with Crippen molar-refractivity contribution in [2.45, 2.75) is 136 Å². The number of fused-ring (bicyclic) bond motifs is 4. The number of aryl methyl sites for hydroxylation is 10. The summed E-state index contributed by atoms with van der Waals surface area (Å²) in [5.74, 6) is -4.03. The molecular weight excluding hydrogens is 1720 g/mol. The minimum absolute atomic E-state index is 0.131. The van der Waals surface area contributed by atoms with Gasteiger partial charge in [0.1, 0.15) is 53.3 Å². The number of halogens is 4. The molecule has 0 unspecified atom stereocenters. The summed E-state index contributed by atoms with van der Waals surface area (Å²) in [6.07, 6.45) is 0. The summed E-state index contributed by atoms with van der Waals surface area (Å²) in [4.78, 5) is 105. The third kappa shape index (κ3) is 19.3. The van der Waals surface area contributed by atoms with E-state index < -0.39 is 65.5 Å². The topological polar surface area (TPSA) is 323 Å². The first-order valence-corrected chi connectivity index (χ1v) is 43.2. The molecule has 0 saturated heterocycles. The van der Waals surface area contributed by atoms with E-state index in [9.17, 15) is 51.5 Å².